The molecule has 0 radical (unpaired) electrons. The molecular weight excluding hydrogens is 166 g/mol. The minimum absolute atomic E-state index is 0.0293. The van der Waals surface area contributed by atoms with Crippen molar-refractivity contribution in [3.8, 4) is 0 Å². The standard InChI is InChI=1S/C10H17NO2/c1-3-4-5-6-8-9(13-2)7-10(12)11-8/h7-8H,3-6H2,1-2H3,(H,11,12)/t8-/m0/s1. The van der Waals surface area contributed by atoms with Gasteiger partial charge in [-0.25, -0.2) is 0 Å². The van der Waals surface area contributed by atoms with Gasteiger partial charge in [0, 0.05) is 6.08 Å². The third-order valence-corrected chi connectivity index (χ3v) is 2.27. The molecule has 1 N–H and O–H groups in total. The Bertz CT molecular complexity index is 211. The SMILES string of the molecule is CCCCC[C@@H]1NC(=O)C=C1OC. The van der Waals surface area contributed by atoms with Crippen LogP contribution >= 0.6 is 0 Å². The maximum Gasteiger partial charge on any atom is 0.248 e. The van der Waals surface area contributed by atoms with Crippen LogP contribution in [-0.4, -0.2) is 19.1 Å². The molecule has 1 amide bonds. The molecular formula is C10H17NO2. The third-order valence-electron chi connectivity index (χ3n) is 2.27. The lowest BCUT2D eigenvalue weighted by atomic mass is 10.1. The zero-order chi connectivity index (χ0) is 9.68. The molecule has 1 rings (SSSR count). The first-order valence-corrected chi connectivity index (χ1v) is 4.84. The number of hydrogen-bond donors (Lipinski definition) is 1. The second-order valence-electron chi connectivity index (χ2n) is 3.31. The number of rotatable bonds is 5. The molecule has 0 aliphatic carbocycles. The first-order valence-electron chi connectivity index (χ1n) is 4.84. The fourth-order valence-corrected chi connectivity index (χ4v) is 1.53. The highest BCUT2D eigenvalue weighted by molar-refractivity contribution is 5.91. The van der Waals surface area contributed by atoms with Crippen LogP contribution in [0.15, 0.2) is 11.8 Å². The van der Waals surface area contributed by atoms with Gasteiger partial charge in [0.05, 0.1) is 13.2 Å². The van der Waals surface area contributed by atoms with Crippen molar-refractivity contribution in [1.82, 2.24) is 5.32 Å². The monoisotopic (exact) mass is 183 g/mol. The molecule has 3 heteroatoms. The summed E-state index contributed by atoms with van der Waals surface area (Å²) in [4.78, 5) is 11.0. The largest absolute Gasteiger partial charge is 0.499 e. The summed E-state index contributed by atoms with van der Waals surface area (Å²) in [6, 6.07) is 0.115. The Labute approximate surface area is 79.2 Å². The van der Waals surface area contributed by atoms with Crippen LogP contribution in [0, 0.1) is 0 Å². The van der Waals surface area contributed by atoms with Crippen molar-refractivity contribution in [3.05, 3.63) is 11.8 Å². The first-order chi connectivity index (χ1) is 6.27. The van der Waals surface area contributed by atoms with E-state index in [9.17, 15) is 4.79 Å². The topological polar surface area (TPSA) is 38.3 Å². The van der Waals surface area contributed by atoms with E-state index < -0.39 is 0 Å². The van der Waals surface area contributed by atoms with Gasteiger partial charge < -0.3 is 10.1 Å². The second-order valence-corrected chi connectivity index (χ2v) is 3.31. The molecule has 0 fully saturated rings. The van der Waals surface area contributed by atoms with Crippen LogP contribution < -0.4 is 5.32 Å². The van der Waals surface area contributed by atoms with Crippen LogP contribution in [0.5, 0.6) is 0 Å². The van der Waals surface area contributed by atoms with E-state index in [-0.39, 0.29) is 11.9 Å². The molecule has 3 nitrogen and oxygen atoms in total. The van der Waals surface area contributed by atoms with Gasteiger partial charge in [0.2, 0.25) is 5.91 Å². The van der Waals surface area contributed by atoms with Gasteiger partial charge in [0.15, 0.2) is 0 Å². The quantitative estimate of drug-likeness (QED) is 0.657. The Morgan fingerprint density at radius 1 is 1.54 bits per heavy atom. The summed E-state index contributed by atoms with van der Waals surface area (Å²) in [6.07, 6.45) is 6.08. The summed E-state index contributed by atoms with van der Waals surface area (Å²) in [5, 5.41) is 2.86. The molecule has 0 aromatic carbocycles. The van der Waals surface area contributed by atoms with Crippen LogP contribution in [0.4, 0.5) is 0 Å². The number of methoxy groups -OCH3 is 1. The molecule has 1 heterocycles. The number of amides is 1. The lowest BCUT2D eigenvalue weighted by Crippen LogP contribution is -2.28. The number of carbonyl (C=O) groups is 1. The Hall–Kier alpha value is -0.990. The highest BCUT2D eigenvalue weighted by atomic mass is 16.5. The number of ether oxygens (including phenoxy) is 1. The second kappa shape index (κ2) is 4.90. The summed E-state index contributed by atoms with van der Waals surface area (Å²) >= 11 is 0. The van der Waals surface area contributed by atoms with Crippen molar-refractivity contribution in [1.29, 1.82) is 0 Å². The van der Waals surface area contributed by atoms with Crippen molar-refractivity contribution in [2.75, 3.05) is 7.11 Å². The molecule has 0 bridgehead atoms. The summed E-state index contributed by atoms with van der Waals surface area (Å²) < 4.78 is 5.10. The smallest absolute Gasteiger partial charge is 0.248 e. The predicted octanol–water partition coefficient (Wildman–Crippen LogP) is 1.60. The average molecular weight is 183 g/mol. The Balaban J connectivity index is 2.34. The van der Waals surface area contributed by atoms with Gasteiger partial charge in [-0.3, -0.25) is 4.79 Å². The third kappa shape index (κ3) is 2.76. The average Bonchev–Trinajstić information content (AvgIpc) is 2.47. The van der Waals surface area contributed by atoms with Gasteiger partial charge in [0.1, 0.15) is 5.76 Å². The maximum absolute atomic E-state index is 11.0. The molecule has 1 aliphatic heterocycles. The highest BCUT2D eigenvalue weighted by Gasteiger charge is 2.23. The van der Waals surface area contributed by atoms with Gasteiger partial charge in [0.25, 0.3) is 0 Å². The van der Waals surface area contributed by atoms with Crippen LogP contribution in [0.25, 0.3) is 0 Å². The maximum atomic E-state index is 11.0. The normalized spacial score (nSPS) is 21.2. The minimum Gasteiger partial charge on any atom is -0.499 e. The summed E-state index contributed by atoms with van der Waals surface area (Å²) in [5.74, 6) is 0.749. The molecule has 13 heavy (non-hydrogen) atoms. The van der Waals surface area contributed by atoms with E-state index in [0.717, 1.165) is 18.6 Å². The van der Waals surface area contributed by atoms with E-state index in [1.165, 1.54) is 18.9 Å². The van der Waals surface area contributed by atoms with Crippen LogP contribution in [-0.2, 0) is 9.53 Å². The Morgan fingerprint density at radius 2 is 2.31 bits per heavy atom. The molecule has 0 saturated carbocycles. The predicted molar refractivity (Wildman–Crippen MR) is 51.2 cm³/mol. The molecule has 0 unspecified atom stereocenters. The van der Waals surface area contributed by atoms with Gasteiger partial charge in [-0.1, -0.05) is 26.2 Å². The molecule has 0 aromatic rings. The number of unbranched alkanes of at least 4 members (excludes halogenated alkanes) is 2. The highest BCUT2D eigenvalue weighted by Crippen LogP contribution is 2.16. The number of nitrogens with one attached hydrogen (secondary N) is 1. The van der Waals surface area contributed by atoms with Crippen LogP contribution in [0.1, 0.15) is 32.6 Å². The lowest BCUT2D eigenvalue weighted by Gasteiger charge is -2.13. The number of hydrogen-bond acceptors (Lipinski definition) is 2. The van der Waals surface area contributed by atoms with Crippen molar-refractivity contribution in [2.45, 2.75) is 38.6 Å². The number of carbonyl (C=O) groups excluding carboxylic acids is 1. The first kappa shape index (κ1) is 10.1. The molecule has 1 aliphatic rings. The zero-order valence-corrected chi connectivity index (χ0v) is 8.30. The fourth-order valence-electron chi connectivity index (χ4n) is 1.53. The van der Waals surface area contributed by atoms with Crippen molar-refractivity contribution < 1.29 is 9.53 Å². The molecule has 1 atom stereocenters. The van der Waals surface area contributed by atoms with Crippen molar-refractivity contribution in [3.63, 3.8) is 0 Å². The lowest BCUT2D eigenvalue weighted by molar-refractivity contribution is -0.116. The zero-order valence-electron chi connectivity index (χ0n) is 8.30. The Morgan fingerprint density at radius 3 is 2.92 bits per heavy atom. The van der Waals surface area contributed by atoms with E-state index in [1.807, 2.05) is 0 Å². The summed E-state index contributed by atoms with van der Waals surface area (Å²) in [6.45, 7) is 2.17. The van der Waals surface area contributed by atoms with Gasteiger partial charge in [-0.05, 0) is 6.42 Å². The molecule has 0 spiro atoms. The molecule has 0 aromatic heterocycles. The Kier molecular flexibility index (Phi) is 3.80. The van der Waals surface area contributed by atoms with Crippen molar-refractivity contribution in [2.24, 2.45) is 0 Å². The van der Waals surface area contributed by atoms with Gasteiger partial charge in [-0.2, -0.15) is 0 Å². The van der Waals surface area contributed by atoms with Crippen LogP contribution in [0.3, 0.4) is 0 Å². The van der Waals surface area contributed by atoms with E-state index in [1.54, 1.807) is 7.11 Å². The van der Waals surface area contributed by atoms with Crippen molar-refractivity contribution >= 4 is 5.91 Å². The molecule has 0 saturated heterocycles. The van der Waals surface area contributed by atoms with E-state index in [4.69, 9.17) is 4.74 Å². The molecule has 74 valence electrons. The fraction of sp³-hybridized carbons (Fsp3) is 0.700. The summed E-state index contributed by atoms with van der Waals surface area (Å²) in [5.41, 5.74) is 0. The minimum atomic E-state index is -0.0293. The van der Waals surface area contributed by atoms with E-state index in [2.05, 4.69) is 12.2 Å². The van der Waals surface area contributed by atoms with Crippen LogP contribution in [0.2, 0.25) is 0 Å². The van der Waals surface area contributed by atoms with Gasteiger partial charge >= 0.3 is 0 Å². The van der Waals surface area contributed by atoms with E-state index in [0.29, 0.717) is 0 Å². The van der Waals surface area contributed by atoms with Gasteiger partial charge in [-0.15, -0.1) is 0 Å². The summed E-state index contributed by atoms with van der Waals surface area (Å²) in [7, 11) is 1.61. The van der Waals surface area contributed by atoms with E-state index >= 15 is 0 Å².